The first-order valence-electron chi connectivity index (χ1n) is 10.1. The fourth-order valence-electron chi connectivity index (χ4n) is 6.98. The van der Waals surface area contributed by atoms with Crippen molar-refractivity contribution in [3.8, 4) is 0 Å². The molecule has 0 aliphatic heterocycles. The summed E-state index contributed by atoms with van der Waals surface area (Å²) in [6.07, 6.45) is 9.61. The Hall–Kier alpha value is -0.870. The van der Waals surface area contributed by atoms with E-state index < -0.39 is 0 Å². The van der Waals surface area contributed by atoms with Crippen LogP contribution in [0.1, 0.15) is 65.2 Å². The van der Waals surface area contributed by atoms with Gasteiger partial charge in [-0.2, -0.15) is 0 Å². The first-order valence-corrected chi connectivity index (χ1v) is 10.1. The number of hydrogen-bond acceptors (Lipinski definition) is 4. The number of aliphatic hydroxyl groups is 2. The monoisotopic (exact) mass is 348 g/mol. The van der Waals surface area contributed by atoms with Crippen LogP contribution in [-0.2, 0) is 9.53 Å². The summed E-state index contributed by atoms with van der Waals surface area (Å²) in [5.41, 5.74) is 1.32. The minimum atomic E-state index is -0.348. The molecule has 4 aliphatic rings. The van der Waals surface area contributed by atoms with Crippen LogP contribution >= 0.6 is 0 Å². The van der Waals surface area contributed by atoms with Gasteiger partial charge in [0.1, 0.15) is 6.61 Å². The molecule has 3 fully saturated rings. The van der Waals surface area contributed by atoms with E-state index in [2.05, 4.69) is 13.0 Å². The second-order valence-corrected chi connectivity index (χ2v) is 9.29. The van der Waals surface area contributed by atoms with Gasteiger partial charge in [-0.05, 0) is 74.5 Å². The zero-order chi connectivity index (χ0) is 17.8. The number of carbonyl (C=O) groups is 1. The Kier molecular flexibility index (Phi) is 4.27. The molecule has 0 saturated heterocycles. The molecule has 3 saturated carbocycles. The summed E-state index contributed by atoms with van der Waals surface area (Å²) in [6, 6.07) is 0. The smallest absolute Gasteiger partial charge is 0.302 e. The van der Waals surface area contributed by atoms with Crippen LogP contribution in [0.3, 0.4) is 0 Å². The molecule has 140 valence electrons. The van der Waals surface area contributed by atoms with Gasteiger partial charge in [0.15, 0.2) is 0 Å². The molecule has 0 amide bonds. The molecular weight excluding hydrogens is 316 g/mol. The van der Waals surface area contributed by atoms with E-state index in [0.717, 1.165) is 51.4 Å². The van der Waals surface area contributed by atoms with Crippen LogP contribution in [0.2, 0.25) is 0 Å². The first-order chi connectivity index (χ1) is 11.9. The normalized spacial score (nSPS) is 48.8. The first kappa shape index (κ1) is 17.5. The summed E-state index contributed by atoms with van der Waals surface area (Å²) in [7, 11) is 0. The molecule has 0 aromatic carbocycles. The minimum Gasteiger partial charge on any atom is -0.465 e. The lowest BCUT2D eigenvalue weighted by Crippen LogP contribution is -2.54. The van der Waals surface area contributed by atoms with Gasteiger partial charge < -0.3 is 14.9 Å². The van der Waals surface area contributed by atoms with Crippen LogP contribution < -0.4 is 0 Å². The predicted octanol–water partition coefficient (Wildman–Crippen LogP) is 3.21. The number of hydrogen-bond donors (Lipinski definition) is 2. The summed E-state index contributed by atoms with van der Waals surface area (Å²) < 4.78 is 5.57. The molecule has 25 heavy (non-hydrogen) atoms. The van der Waals surface area contributed by atoms with Gasteiger partial charge in [0, 0.05) is 12.3 Å². The van der Waals surface area contributed by atoms with Gasteiger partial charge in [0.05, 0.1) is 12.2 Å². The van der Waals surface area contributed by atoms with E-state index in [4.69, 9.17) is 4.74 Å². The lowest BCUT2D eigenvalue weighted by Gasteiger charge is -2.58. The van der Waals surface area contributed by atoms with Crippen LogP contribution in [0, 0.1) is 28.6 Å². The molecule has 0 spiro atoms. The second kappa shape index (κ2) is 6.09. The molecule has 0 heterocycles. The third kappa shape index (κ3) is 2.59. The largest absolute Gasteiger partial charge is 0.465 e. The molecule has 4 aliphatic carbocycles. The van der Waals surface area contributed by atoms with E-state index in [0.29, 0.717) is 24.4 Å². The van der Waals surface area contributed by atoms with E-state index in [1.54, 1.807) is 0 Å². The Morgan fingerprint density at radius 2 is 1.96 bits per heavy atom. The SMILES string of the molecule is CC(=O)OC[C@]12CCC(O)C=C1CC[C@@H]1[C@H]2CC[C@]2(C)C(O)CC[C@@H]12. The molecule has 0 radical (unpaired) electrons. The third-order valence-electron chi connectivity index (χ3n) is 8.30. The quantitative estimate of drug-likeness (QED) is 0.594. The van der Waals surface area contributed by atoms with E-state index in [1.165, 1.54) is 12.5 Å². The Balaban J connectivity index is 1.68. The highest BCUT2D eigenvalue weighted by molar-refractivity contribution is 5.66. The van der Waals surface area contributed by atoms with Crippen LogP contribution in [-0.4, -0.2) is 35.0 Å². The van der Waals surface area contributed by atoms with Crippen molar-refractivity contribution < 1.29 is 19.7 Å². The van der Waals surface area contributed by atoms with Gasteiger partial charge in [-0.15, -0.1) is 0 Å². The van der Waals surface area contributed by atoms with Gasteiger partial charge in [0.2, 0.25) is 0 Å². The number of fused-ring (bicyclic) bond motifs is 5. The van der Waals surface area contributed by atoms with E-state index in [1.807, 2.05) is 0 Å². The number of carbonyl (C=O) groups excluding carboxylic acids is 1. The third-order valence-corrected chi connectivity index (χ3v) is 8.30. The highest BCUT2D eigenvalue weighted by Gasteiger charge is 2.60. The molecule has 4 heteroatoms. The van der Waals surface area contributed by atoms with Crippen LogP contribution in [0.15, 0.2) is 11.6 Å². The van der Waals surface area contributed by atoms with Crippen LogP contribution in [0.25, 0.3) is 0 Å². The Morgan fingerprint density at radius 1 is 1.16 bits per heavy atom. The van der Waals surface area contributed by atoms with E-state index in [9.17, 15) is 15.0 Å². The number of ether oxygens (including phenoxy) is 1. The van der Waals surface area contributed by atoms with Crippen LogP contribution in [0.4, 0.5) is 0 Å². The van der Waals surface area contributed by atoms with Crippen molar-refractivity contribution in [1.29, 1.82) is 0 Å². The van der Waals surface area contributed by atoms with Crippen molar-refractivity contribution in [2.75, 3.05) is 6.61 Å². The summed E-state index contributed by atoms with van der Waals surface area (Å²) in [5.74, 6) is 1.50. The molecule has 0 aromatic heterocycles. The predicted molar refractivity (Wildman–Crippen MR) is 94.7 cm³/mol. The summed E-state index contributed by atoms with van der Waals surface area (Å²) in [6.45, 7) is 4.25. The van der Waals surface area contributed by atoms with Gasteiger partial charge in [-0.1, -0.05) is 18.6 Å². The van der Waals surface area contributed by atoms with Gasteiger partial charge >= 0.3 is 5.97 Å². The molecule has 7 atom stereocenters. The molecule has 0 bridgehead atoms. The molecule has 0 aromatic rings. The average molecular weight is 348 g/mol. The standard InChI is InChI=1S/C21H32O4/c1-13(22)25-12-21-10-7-15(23)11-14(21)3-4-16-17-5-6-19(24)20(17,2)9-8-18(16)21/h11,15-19,23-24H,3-10,12H2,1-2H3/t15?,16-,17-,18+,19?,20-,21+/m0/s1. The highest BCUT2D eigenvalue weighted by Crippen LogP contribution is 2.65. The van der Waals surface area contributed by atoms with Crippen molar-refractivity contribution in [2.24, 2.45) is 28.6 Å². The minimum absolute atomic E-state index is 0.0686. The fourth-order valence-corrected chi connectivity index (χ4v) is 6.98. The Morgan fingerprint density at radius 3 is 2.72 bits per heavy atom. The number of aliphatic hydroxyl groups excluding tert-OH is 2. The maximum Gasteiger partial charge on any atom is 0.302 e. The molecule has 4 rings (SSSR count). The zero-order valence-electron chi connectivity index (χ0n) is 15.5. The number of rotatable bonds is 2. The second-order valence-electron chi connectivity index (χ2n) is 9.29. The summed E-state index contributed by atoms with van der Waals surface area (Å²) in [5, 5.41) is 20.7. The maximum absolute atomic E-state index is 11.5. The molecule has 4 nitrogen and oxygen atoms in total. The summed E-state index contributed by atoms with van der Waals surface area (Å²) >= 11 is 0. The van der Waals surface area contributed by atoms with Crippen molar-refractivity contribution in [1.82, 2.24) is 0 Å². The van der Waals surface area contributed by atoms with Crippen molar-refractivity contribution >= 4 is 5.97 Å². The Labute approximate surface area is 150 Å². The molecule has 2 N–H and O–H groups in total. The molecule has 2 unspecified atom stereocenters. The zero-order valence-corrected chi connectivity index (χ0v) is 15.5. The summed E-state index contributed by atoms with van der Waals surface area (Å²) in [4.78, 5) is 11.5. The molecular formula is C21H32O4. The van der Waals surface area contributed by atoms with E-state index >= 15 is 0 Å². The van der Waals surface area contributed by atoms with E-state index in [-0.39, 0.29) is 29.0 Å². The van der Waals surface area contributed by atoms with Crippen molar-refractivity contribution in [3.63, 3.8) is 0 Å². The van der Waals surface area contributed by atoms with Gasteiger partial charge in [-0.25, -0.2) is 0 Å². The fraction of sp³-hybridized carbons (Fsp3) is 0.857. The van der Waals surface area contributed by atoms with Gasteiger partial charge in [0.25, 0.3) is 0 Å². The van der Waals surface area contributed by atoms with Gasteiger partial charge in [-0.3, -0.25) is 4.79 Å². The maximum atomic E-state index is 11.5. The number of esters is 1. The van der Waals surface area contributed by atoms with Crippen molar-refractivity contribution in [2.45, 2.75) is 77.4 Å². The Bertz CT molecular complexity index is 584. The van der Waals surface area contributed by atoms with Crippen molar-refractivity contribution in [3.05, 3.63) is 11.6 Å². The lowest BCUT2D eigenvalue weighted by atomic mass is 9.47. The lowest BCUT2D eigenvalue weighted by molar-refractivity contribution is -0.150. The highest BCUT2D eigenvalue weighted by atomic mass is 16.5. The average Bonchev–Trinajstić information content (AvgIpc) is 2.88. The van der Waals surface area contributed by atoms with Crippen LogP contribution in [0.5, 0.6) is 0 Å². The topological polar surface area (TPSA) is 66.8 Å².